The summed E-state index contributed by atoms with van der Waals surface area (Å²) in [6.45, 7) is 12.5. The third kappa shape index (κ3) is 9.19. The molecule has 0 saturated carbocycles. The minimum Gasteiger partial charge on any atom is -0.469 e. The Morgan fingerprint density at radius 1 is 1.23 bits per heavy atom. The van der Waals surface area contributed by atoms with Crippen LogP contribution in [0.4, 0.5) is 0 Å². The van der Waals surface area contributed by atoms with Crippen LogP contribution in [0.2, 0.25) is 0 Å². The van der Waals surface area contributed by atoms with Crippen LogP contribution in [0, 0.1) is 0 Å². The van der Waals surface area contributed by atoms with Crippen LogP contribution in [0.25, 0.3) is 0 Å². The molecule has 1 rings (SSSR count). The summed E-state index contributed by atoms with van der Waals surface area (Å²) in [4.78, 5) is 0. The lowest BCUT2D eigenvalue weighted by atomic mass is 10.2. The second kappa shape index (κ2) is 11.3. The highest BCUT2D eigenvalue weighted by Gasteiger charge is 1.97. The van der Waals surface area contributed by atoms with Gasteiger partial charge in [-0.3, -0.25) is 0 Å². The van der Waals surface area contributed by atoms with E-state index >= 15 is 0 Å². The molecule has 1 heterocycles. The Bertz CT molecular complexity index is 152. The monoisotopic (exact) mass is 184 g/mol. The van der Waals surface area contributed by atoms with E-state index in [2.05, 4.69) is 27.7 Å². The largest absolute Gasteiger partial charge is 0.469 e. The Morgan fingerprint density at radius 2 is 1.69 bits per heavy atom. The van der Waals surface area contributed by atoms with Gasteiger partial charge in [0.25, 0.3) is 0 Å². The Kier molecular flexibility index (Phi) is 12.8. The van der Waals surface area contributed by atoms with E-state index in [0.29, 0.717) is 5.92 Å². The summed E-state index contributed by atoms with van der Waals surface area (Å²) in [6.07, 6.45) is 2.95. The van der Waals surface area contributed by atoms with Crippen molar-refractivity contribution in [2.24, 2.45) is 0 Å². The predicted molar refractivity (Wildman–Crippen MR) is 60.1 cm³/mol. The summed E-state index contributed by atoms with van der Waals surface area (Å²) < 4.78 is 5.09. The fraction of sp³-hybridized carbons (Fsp3) is 0.667. The van der Waals surface area contributed by atoms with E-state index in [4.69, 9.17) is 4.42 Å². The zero-order valence-electron chi connectivity index (χ0n) is 9.92. The zero-order chi connectivity index (χ0) is 10.7. The van der Waals surface area contributed by atoms with Gasteiger partial charge in [-0.05, 0) is 12.1 Å². The van der Waals surface area contributed by atoms with Gasteiger partial charge < -0.3 is 4.42 Å². The van der Waals surface area contributed by atoms with Crippen molar-refractivity contribution in [1.29, 1.82) is 0 Å². The van der Waals surface area contributed by atoms with Crippen molar-refractivity contribution in [3.05, 3.63) is 24.2 Å². The van der Waals surface area contributed by atoms with Crippen molar-refractivity contribution in [3.8, 4) is 0 Å². The molecule has 78 valence electrons. The molecule has 0 spiro atoms. The number of hydrogen-bond donors (Lipinski definition) is 0. The van der Waals surface area contributed by atoms with E-state index < -0.39 is 0 Å². The fourth-order valence-corrected chi connectivity index (χ4v) is 0.620. The van der Waals surface area contributed by atoms with Crippen LogP contribution in [0.1, 0.15) is 59.6 Å². The van der Waals surface area contributed by atoms with Gasteiger partial charge in [0.2, 0.25) is 0 Å². The molecule has 0 atom stereocenters. The van der Waals surface area contributed by atoms with E-state index in [1.807, 2.05) is 26.0 Å². The summed E-state index contributed by atoms with van der Waals surface area (Å²) in [7, 11) is 0. The van der Waals surface area contributed by atoms with Gasteiger partial charge in [0.1, 0.15) is 5.76 Å². The van der Waals surface area contributed by atoms with Crippen LogP contribution >= 0.6 is 0 Å². The maximum atomic E-state index is 5.09. The normalized spacial score (nSPS) is 8.23. The van der Waals surface area contributed by atoms with Crippen molar-refractivity contribution in [2.45, 2.75) is 53.9 Å². The standard InChI is InChI=1S/C7H10O.C3H8.C2H6/c1-6(2)7-4-3-5-8-7;1-3-2;1-2/h3-6H,1-2H3;3H2,1-2H3;1-2H3. The van der Waals surface area contributed by atoms with Gasteiger partial charge in [-0.2, -0.15) is 0 Å². The molecule has 0 unspecified atom stereocenters. The molecular formula is C12H24O. The summed E-state index contributed by atoms with van der Waals surface area (Å²) in [5.41, 5.74) is 0. The molecule has 0 aromatic carbocycles. The first-order chi connectivity index (χ1) is 6.22. The van der Waals surface area contributed by atoms with Gasteiger partial charge in [0.15, 0.2) is 0 Å². The van der Waals surface area contributed by atoms with E-state index in [0.717, 1.165) is 5.76 Å². The minimum absolute atomic E-state index is 0.519. The van der Waals surface area contributed by atoms with Crippen LogP contribution in [0.3, 0.4) is 0 Å². The number of hydrogen-bond acceptors (Lipinski definition) is 1. The molecule has 0 aliphatic carbocycles. The Labute approximate surface area is 83.2 Å². The lowest BCUT2D eigenvalue weighted by molar-refractivity contribution is 0.487. The maximum Gasteiger partial charge on any atom is 0.106 e. The molecule has 1 heteroatoms. The van der Waals surface area contributed by atoms with Gasteiger partial charge in [0.05, 0.1) is 6.26 Å². The summed E-state index contributed by atoms with van der Waals surface area (Å²) >= 11 is 0. The molecule has 13 heavy (non-hydrogen) atoms. The molecule has 0 aliphatic rings. The minimum atomic E-state index is 0.519. The molecule has 0 fully saturated rings. The quantitative estimate of drug-likeness (QED) is 0.608. The van der Waals surface area contributed by atoms with Gasteiger partial charge in [-0.1, -0.05) is 48.0 Å². The van der Waals surface area contributed by atoms with Gasteiger partial charge in [0, 0.05) is 5.92 Å². The lowest BCUT2D eigenvalue weighted by Crippen LogP contribution is -1.79. The summed E-state index contributed by atoms with van der Waals surface area (Å²) in [6, 6.07) is 3.90. The first kappa shape index (κ1) is 14.8. The van der Waals surface area contributed by atoms with Crippen molar-refractivity contribution in [1.82, 2.24) is 0 Å². The van der Waals surface area contributed by atoms with E-state index in [9.17, 15) is 0 Å². The van der Waals surface area contributed by atoms with E-state index in [1.54, 1.807) is 6.26 Å². The molecule has 0 bridgehead atoms. The first-order valence-corrected chi connectivity index (χ1v) is 5.25. The molecular weight excluding hydrogens is 160 g/mol. The second-order valence-corrected chi connectivity index (χ2v) is 2.88. The molecule has 0 N–H and O–H groups in total. The van der Waals surface area contributed by atoms with Crippen LogP contribution in [0.5, 0.6) is 0 Å². The Hall–Kier alpha value is -0.720. The van der Waals surface area contributed by atoms with E-state index in [1.165, 1.54) is 6.42 Å². The van der Waals surface area contributed by atoms with Crippen LogP contribution < -0.4 is 0 Å². The van der Waals surface area contributed by atoms with Gasteiger partial charge in [-0.25, -0.2) is 0 Å². The van der Waals surface area contributed by atoms with Crippen LogP contribution in [-0.2, 0) is 0 Å². The summed E-state index contributed by atoms with van der Waals surface area (Å²) in [5, 5.41) is 0. The third-order valence-corrected chi connectivity index (χ3v) is 1.11. The second-order valence-electron chi connectivity index (χ2n) is 2.88. The third-order valence-electron chi connectivity index (χ3n) is 1.11. The molecule has 0 amide bonds. The zero-order valence-corrected chi connectivity index (χ0v) is 9.92. The highest BCUT2D eigenvalue weighted by molar-refractivity contribution is 5.02. The average Bonchev–Trinajstić information content (AvgIpc) is 2.61. The highest BCUT2D eigenvalue weighted by atomic mass is 16.3. The Morgan fingerprint density at radius 3 is 1.85 bits per heavy atom. The molecule has 0 radical (unpaired) electrons. The van der Waals surface area contributed by atoms with Gasteiger partial charge in [-0.15, -0.1) is 0 Å². The maximum absolute atomic E-state index is 5.09. The van der Waals surface area contributed by atoms with Crippen molar-refractivity contribution in [3.63, 3.8) is 0 Å². The van der Waals surface area contributed by atoms with Crippen molar-refractivity contribution < 1.29 is 4.42 Å². The number of furan rings is 1. The van der Waals surface area contributed by atoms with Crippen LogP contribution in [0.15, 0.2) is 22.8 Å². The van der Waals surface area contributed by atoms with Gasteiger partial charge >= 0.3 is 0 Å². The average molecular weight is 184 g/mol. The molecule has 1 aromatic rings. The topological polar surface area (TPSA) is 13.1 Å². The molecule has 1 aromatic heterocycles. The van der Waals surface area contributed by atoms with Crippen molar-refractivity contribution in [2.75, 3.05) is 0 Å². The number of rotatable bonds is 1. The van der Waals surface area contributed by atoms with E-state index in [-0.39, 0.29) is 0 Å². The van der Waals surface area contributed by atoms with Crippen LogP contribution in [-0.4, -0.2) is 0 Å². The highest BCUT2D eigenvalue weighted by Crippen LogP contribution is 2.12. The predicted octanol–water partition coefficient (Wildman–Crippen LogP) is 4.85. The fourth-order valence-electron chi connectivity index (χ4n) is 0.620. The molecule has 1 nitrogen and oxygen atoms in total. The lowest BCUT2D eigenvalue weighted by Gasteiger charge is -1.94. The molecule has 0 saturated heterocycles. The smallest absolute Gasteiger partial charge is 0.106 e. The SMILES string of the molecule is CC.CC(C)c1ccco1.CCC. The molecule has 0 aliphatic heterocycles. The van der Waals surface area contributed by atoms with Crippen molar-refractivity contribution >= 4 is 0 Å². The first-order valence-electron chi connectivity index (χ1n) is 5.25. The summed E-state index contributed by atoms with van der Waals surface area (Å²) in [5.74, 6) is 1.58. The Balaban J connectivity index is 0.